The van der Waals surface area contributed by atoms with Crippen molar-refractivity contribution in [1.82, 2.24) is 14.5 Å². The standard InChI is InChI=1S/C25H30FN3O4S/c1-19(2)16-29-23(15-27-25(29)34(31,32)18-20-8-5-4-6-9-20)17-28(12-13-33-3)24(30)21-10-7-11-22(26)14-21/h4-11,14-15,19H,12-13,16-18H2,1-3H3. The van der Waals surface area contributed by atoms with Crippen LogP contribution in [0.2, 0.25) is 0 Å². The molecular formula is C25H30FN3O4S. The van der Waals surface area contributed by atoms with Crippen LogP contribution in [0, 0.1) is 11.7 Å². The highest BCUT2D eigenvalue weighted by Gasteiger charge is 2.26. The van der Waals surface area contributed by atoms with Crippen LogP contribution >= 0.6 is 0 Å². The summed E-state index contributed by atoms with van der Waals surface area (Å²) in [5.74, 6) is -0.901. The lowest BCUT2D eigenvalue weighted by atomic mass is 10.2. The van der Waals surface area contributed by atoms with E-state index < -0.39 is 15.7 Å². The summed E-state index contributed by atoms with van der Waals surface area (Å²) in [7, 11) is -2.20. The Bertz CT molecular complexity index is 1210. The second-order valence-electron chi connectivity index (χ2n) is 8.51. The van der Waals surface area contributed by atoms with Gasteiger partial charge >= 0.3 is 0 Å². The lowest BCUT2D eigenvalue weighted by Gasteiger charge is -2.24. The average molecular weight is 488 g/mol. The summed E-state index contributed by atoms with van der Waals surface area (Å²) < 4.78 is 47.0. The minimum atomic E-state index is -3.73. The van der Waals surface area contributed by atoms with E-state index in [0.29, 0.717) is 17.8 Å². The third kappa shape index (κ3) is 6.51. The number of ether oxygens (including phenoxy) is 1. The molecule has 0 N–H and O–H groups in total. The number of sulfone groups is 1. The number of amides is 1. The minimum Gasteiger partial charge on any atom is -0.383 e. The van der Waals surface area contributed by atoms with Gasteiger partial charge in [0.25, 0.3) is 5.91 Å². The van der Waals surface area contributed by atoms with Crippen LogP contribution in [-0.4, -0.2) is 49.0 Å². The second kappa shape index (κ2) is 11.4. The van der Waals surface area contributed by atoms with Gasteiger partial charge in [-0.3, -0.25) is 4.79 Å². The molecule has 0 bridgehead atoms. The van der Waals surface area contributed by atoms with Gasteiger partial charge in [-0.15, -0.1) is 0 Å². The van der Waals surface area contributed by atoms with Crippen LogP contribution in [0.3, 0.4) is 0 Å². The van der Waals surface area contributed by atoms with Crippen LogP contribution in [-0.2, 0) is 33.4 Å². The molecule has 182 valence electrons. The van der Waals surface area contributed by atoms with Gasteiger partial charge in [0.15, 0.2) is 0 Å². The molecule has 1 heterocycles. The number of methoxy groups -OCH3 is 1. The zero-order valence-corrected chi connectivity index (χ0v) is 20.5. The maximum Gasteiger partial charge on any atom is 0.254 e. The first-order valence-electron chi connectivity index (χ1n) is 11.1. The highest BCUT2D eigenvalue weighted by Crippen LogP contribution is 2.21. The molecule has 34 heavy (non-hydrogen) atoms. The van der Waals surface area contributed by atoms with E-state index in [0.717, 1.165) is 0 Å². The largest absolute Gasteiger partial charge is 0.383 e. The number of hydrogen-bond donors (Lipinski definition) is 0. The number of carbonyl (C=O) groups excluding carboxylic acids is 1. The molecule has 7 nitrogen and oxygen atoms in total. The van der Waals surface area contributed by atoms with Crippen LogP contribution in [0.5, 0.6) is 0 Å². The fourth-order valence-corrected chi connectivity index (χ4v) is 5.14. The molecule has 0 aliphatic heterocycles. The fraction of sp³-hybridized carbons (Fsp3) is 0.360. The molecule has 1 amide bonds. The fourth-order valence-electron chi connectivity index (χ4n) is 3.64. The van der Waals surface area contributed by atoms with Crippen molar-refractivity contribution in [2.75, 3.05) is 20.3 Å². The Morgan fingerprint density at radius 1 is 1.15 bits per heavy atom. The number of carbonyl (C=O) groups is 1. The van der Waals surface area contributed by atoms with Crippen LogP contribution in [0.1, 0.15) is 35.5 Å². The van der Waals surface area contributed by atoms with E-state index in [1.807, 2.05) is 19.9 Å². The van der Waals surface area contributed by atoms with E-state index in [9.17, 15) is 17.6 Å². The normalized spacial score (nSPS) is 11.7. The number of benzene rings is 2. The van der Waals surface area contributed by atoms with Crippen molar-refractivity contribution in [2.45, 2.75) is 37.8 Å². The third-order valence-electron chi connectivity index (χ3n) is 5.20. The average Bonchev–Trinajstić information content (AvgIpc) is 3.19. The van der Waals surface area contributed by atoms with Crippen molar-refractivity contribution in [1.29, 1.82) is 0 Å². The van der Waals surface area contributed by atoms with Gasteiger partial charge in [-0.2, -0.15) is 0 Å². The lowest BCUT2D eigenvalue weighted by Crippen LogP contribution is -2.34. The highest BCUT2D eigenvalue weighted by atomic mass is 32.2. The Morgan fingerprint density at radius 3 is 2.53 bits per heavy atom. The highest BCUT2D eigenvalue weighted by molar-refractivity contribution is 7.90. The number of imidazole rings is 1. The summed E-state index contributed by atoms with van der Waals surface area (Å²) in [5.41, 5.74) is 1.47. The van der Waals surface area contributed by atoms with E-state index in [1.54, 1.807) is 34.9 Å². The van der Waals surface area contributed by atoms with E-state index in [4.69, 9.17) is 4.74 Å². The van der Waals surface area contributed by atoms with Crippen molar-refractivity contribution in [3.8, 4) is 0 Å². The second-order valence-corrected chi connectivity index (χ2v) is 10.4. The monoisotopic (exact) mass is 487 g/mol. The number of aromatic nitrogens is 2. The Morgan fingerprint density at radius 2 is 1.88 bits per heavy atom. The maximum atomic E-state index is 13.7. The van der Waals surface area contributed by atoms with Crippen molar-refractivity contribution in [3.63, 3.8) is 0 Å². The smallest absolute Gasteiger partial charge is 0.254 e. The van der Waals surface area contributed by atoms with Crippen molar-refractivity contribution < 1.29 is 22.3 Å². The zero-order chi connectivity index (χ0) is 24.7. The summed E-state index contributed by atoms with van der Waals surface area (Å²) in [4.78, 5) is 18.9. The summed E-state index contributed by atoms with van der Waals surface area (Å²) >= 11 is 0. The van der Waals surface area contributed by atoms with Gasteiger partial charge in [-0.25, -0.2) is 17.8 Å². The minimum absolute atomic E-state index is 0.0232. The Hall–Kier alpha value is -3.04. The van der Waals surface area contributed by atoms with Gasteiger partial charge in [0.05, 0.1) is 30.8 Å². The SMILES string of the molecule is COCCN(Cc1cnc(S(=O)(=O)Cc2ccccc2)n1CC(C)C)C(=O)c1cccc(F)c1. The number of hydrogen-bond acceptors (Lipinski definition) is 5. The Balaban J connectivity index is 1.95. The number of rotatable bonds is 11. The topological polar surface area (TPSA) is 81.5 Å². The van der Waals surface area contributed by atoms with E-state index in [-0.39, 0.29) is 48.0 Å². The Kier molecular flexibility index (Phi) is 8.57. The molecule has 0 unspecified atom stereocenters. The van der Waals surface area contributed by atoms with Crippen LogP contribution in [0.15, 0.2) is 66.0 Å². The molecule has 1 aromatic heterocycles. The molecule has 2 aromatic carbocycles. The zero-order valence-electron chi connectivity index (χ0n) is 19.6. The first kappa shape index (κ1) is 25.6. The summed E-state index contributed by atoms with van der Waals surface area (Å²) in [6, 6.07) is 14.4. The molecular weight excluding hydrogens is 457 g/mol. The van der Waals surface area contributed by atoms with Crippen molar-refractivity contribution in [3.05, 3.63) is 83.4 Å². The number of halogens is 1. The predicted molar refractivity (Wildman–Crippen MR) is 127 cm³/mol. The third-order valence-corrected chi connectivity index (χ3v) is 6.80. The van der Waals surface area contributed by atoms with Gasteiger partial charge in [0.2, 0.25) is 15.0 Å². The first-order valence-corrected chi connectivity index (χ1v) is 12.7. The lowest BCUT2D eigenvalue weighted by molar-refractivity contribution is 0.0674. The van der Waals surface area contributed by atoms with Gasteiger partial charge in [0, 0.05) is 25.8 Å². The van der Waals surface area contributed by atoms with Crippen LogP contribution in [0.25, 0.3) is 0 Å². The molecule has 0 saturated carbocycles. The molecule has 0 radical (unpaired) electrons. The molecule has 0 saturated heterocycles. The summed E-state index contributed by atoms with van der Waals surface area (Å²) in [6.07, 6.45) is 1.50. The van der Waals surface area contributed by atoms with Gasteiger partial charge in [-0.1, -0.05) is 50.2 Å². The van der Waals surface area contributed by atoms with Gasteiger partial charge in [-0.05, 0) is 29.7 Å². The molecule has 0 aliphatic carbocycles. The molecule has 0 spiro atoms. The number of nitrogens with zero attached hydrogens (tertiary/aromatic N) is 3. The van der Waals surface area contributed by atoms with Crippen molar-refractivity contribution >= 4 is 15.7 Å². The van der Waals surface area contributed by atoms with E-state index >= 15 is 0 Å². The van der Waals surface area contributed by atoms with Crippen LogP contribution in [0.4, 0.5) is 4.39 Å². The maximum absolute atomic E-state index is 13.7. The van der Waals surface area contributed by atoms with Crippen molar-refractivity contribution in [2.24, 2.45) is 5.92 Å². The Labute approximate surface area is 200 Å². The van der Waals surface area contributed by atoms with Gasteiger partial charge in [0.1, 0.15) is 5.82 Å². The molecule has 3 rings (SSSR count). The van der Waals surface area contributed by atoms with E-state index in [2.05, 4.69) is 4.98 Å². The predicted octanol–water partition coefficient (Wildman–Crippen LogP) is 3.94. The van der Waals surface area contributed by atoms with Crippen LogP contribution < -0.4 is 0 Å². The van der Waals surface area contributed by atoms with E-state index in [1.165, 1.54) is 36.4 Å². The quantitative estimate of drug-likeness (QED) is 0.409. The molecule has 3 aromatic rings. The molecule has 0 aliphatic rings. The molecule has 0 atom stereocenters. The first-order chi connectivity index (χ1) is 16.2. The van der Waals surface area contributed by atoms with Gasteiger partial charge < -0.3 is 14.2 Å². The summed E-state index contributed by atoms with van der Waals surface area (Å²) in [5, 5.41) is -0.0232. The molecule has 0 fully saturated rings. The summed E-state index contributed by atoms with van der Waals surface area (Å²) in [6.45, 7) is 5.03. The molecule has 9 heteroatoms.